The van der Waals surface area contributed by atoms with Crippen LogP contribution in [0.15, 0.2) is 60.7 Å². The number of nitrogens with zero attached hydrogens (tertiary/aromatic N) is 1. The lowest BCUT2D eigenvalue weighted by Gasteiger charge is -2.30. The van der Waals surface area contributed by atoms with Gasteiger partial charge in [-0.2, -0.15) is 0 Å². The molecule has 0 aliphatic rings. The zero-order valence-corrected chi connectivity index (χ0v) is 18.9. The molecule has 0 bridgehead atoms. The molecule has 0 spiro atoms. The van der Waals surface area contributed by atoms with E-state index >= 15 is 0 Å². The van der Waals surface area contributed by atoms with Gasteiger partial charge < -0.3 is 15.0 Å². The van der Waals surface area contributed by atoms with Gasteiger partial charge in [0.05, 0.1) is 0 Å². The number of carbonyl (C=O) groups is 2. The molecule has 3 rings (SSSR count). The van der Waals surface area contributed by atoms with Crippen molar-refractivity contribution >= 4 is 45.8 Å². The molecule has 3 aromatic carbocycles. The van der Waals surface area contributed by atoms with Crippen LogP contribution in [0.25, 0.3) is 10.8 Å². The fourth-order valence-electron chi connectivity index (χ4n) is 3.46. The van der Waals surface area contributed by atoms with Gasteiger partial charge in [-0.1, -0.05) is 72.6 Å². The van der Waals surface area contributed by atoms with E-state index in [2.05, 4.69) is 5.32 Å². The highest BCUT2D eigenvalue weighted by molar-refractivity contribution is 6.35. The maximum absolute atomic E-state index is 13.2. The third-order valence-electron chi connectivity index (χ3n) is 5.09. The predicted octanol–water partition coefficient (Wildman–Crippen LogP) is 5.08. The molecular weight excluding hydrogens is 435 g/mol. The number of ether oxygens (including phenoxy) is 1. The van der Waals surface area contributed by atoms with Crippen LogP contribution in [0.2, 0.25) is 10.0 Å². The largest absolute Gasteiger partial charge is 0.483 e. The Labute approximate surface area is 191 Å². The Hall–Kier alpha value is -2.76. The molecule has 0 saturated heterocycles. The number of amides is 2. The Kier molecular flexibility index (Phi) is 7.77. The fraction of sp³-hybridized carbons (Fsp3) is 0.250. The first-order valence-corrected chi connectivity index (χ1v) is 10.8. The molecule has 0 aliphatic heterocycles. The van der Waals surface area contributed by atoms with Gasteiger partial charge >= 0.3 is 0 Å². The Morgan fingerprint density at radius 2 is 1.81 bits per heavy atom. The van der Waals surface area contributed by atoms with Crippen LogP contribution in [0.3, 0.4) is 0 Å². The minimum Gasteiger partial charge on any atom is -0.483 e. The second-order valence-electron chi connectivity index (χ2n) is 7.06. The monoisotopic (exact) mass is 458 g/mol. The smallest absolute Gasteiger partial charge is 0.261 e. The molecule has 3 aromatic rings. The van der Waals surface area contributed by atoms with Crippen molar-refractivity contribution in [3.05, 3.63) is 76.3 Å². The van der Waals surface area contributed by atoms with Gasteiger partial charge in [0.25, 0.3) is 5.91 Å². The Morgan fingerprint density at radius 3 is 2.52 bits per heavy atom. The maximum Gasteiger partial charge on any atom is 0.261 e. The van der Waals surface area contributed by atoms with Crippen LogP contribution < -0.4 is 10.1 Å². The molecule has 2 amide bonds. The Morgan fingerprint density at radius 1 is 1.06 bits per heavy atom. The van der Waals surface area contributed by atoms with Crippen LogP contribution in [-0.4, -0.2) is 36.4 Å². The van der Waals surface area contributed by atoms with Gasteiger partial charge in [0.2, 0.25) is 5.91 Å². The van der Waals surface area contributed by atoms with Crippen molar-refractivity contribution in [2.24, 2.45) is 0 Å². The molecule has 1 unspecified atom stereocenters. The molecule has 0 saturated carbocycles. The number of likely N-dealkylation sites (N-methyl/N-ethyl adjacent to an activating group) is 1. The van der Waals surface area contributed by atoms with E-state index in [4.69, 9.17) is 27.9 Å². The lowest BCUT2D eigenvalue weighted by atomic mass is 10.1. The van der Waals surface area contributed by atoms with E-state index in [1.54, 1.807) is 25.2 Å². The van der Waals surface area contributed by atoms with Crippen LogP contribution >= 0.6 is 23.2 Å². The quantitative estimate of drug-likeness (QED) is 0.511. The molecule has 0 aromatic heterocycles. The summed E-state index contributed by atoms with van der Waals surface area (Å²) in [4.78, 5) is 27.2. The lowest BCUT2D eigenvalue weighted by Crippen LogP contribution is -2.49. The van der Waals surface area contributed by atoms with Crippen molar-refractivity contribution in [3.63, 3.8) is 0 Å². The molecule has 162 valence electrons. The first-order chi connectivity index (χ1) is 14.9. The summed E-state index contributed by atoms with van der Waals surface area (Å²) in [5.74, 6) is 0.0596. The standard InChI is InChI=1S/C24H24Cl2N2O3/c1-3-21(24(30)27-2)28(14-17-11-12-18(25)13-20(17)26)23(29)15-31-22-10-6-8-16-7-4-5-9-19(16)22/h4-13,21H,3,14-15H2,1-2H3,(H,27,30). The number of benzene rings is 3. The number of hydrogen-bond acceptors (Lipinski definition) is 3. The van der Waals surface area contributed by atoms with Gasteiger partial charge in [0.15, 0.2) is 6.61 Å². The Balaban J connectivity index is 1.85. The topological polar surface area (TPSA) is 58.6 Å². The minimum absolute atomic E-state index is 0.166. The fourth-order valence-corrected chi connectivity index (χ4v) is 3.93. The molecule has 31 heavy (non-hydrogen) atoms. The van der Waals surface area contributed by atoms with Crippen LogP contribution in [0, 0.1) is 0 Å². The molecule has 5 nitrogen and oxygen atoms in total. The van der Waals surface area contributed by atoms with Crippen molar-refractivity contribution in [1.29, 1.82) is 0 Å². The summed E-state index contributed by atoms with van der Waals surface area (Å²) in [7, 11) is 1.55. The highest BCUT2D eigenvalue weighted by atomic mass is 35.5. The van der Waals surface area contributed by atoms with Crippen molar-refractivity contribution < 1.29 is 14.3 Å². The summed E-state index contributed by atoms with van der Waals surface area (Å²) in [6.45, 7) is 1.82. The van der Waals surface area contributed by atoms with Gasteiger partial charge in [-0.25, -0.2) is 0 Å². The van der Waals surface area contributed by atoms with E-state index in [9.17, 15) is 9.59 Å². The zero-order valence-electron chi connectivity index (χ0n) is 17.4. The highest BCUT2D eigenvalue weighted by Crippen LogP contribution is 2.26. The number of nitrogens with one attached hydrogen (secondary N) is 1. The van der Waals surface area contributed by atoms with Crippen molar-refractivity contribution in [1.82, 2.24) is 10.2 Å². The van der Waals surface area contributed by atoms with Crippen LogP contribution in [0.4, 0.5) is 0 Å². The molecular formula is C24H24Cl2N2O3. The average molecular weight is 459 g/mol. The highest BCUT2D eigenvalue weighted by Gasteiger charge is 2.29. The number of rotatable bonds is 8. The SMILES string of the molecule is CCC(C(=O)NC)N(Cc1ccc(Cl)cc1Cl)C(=O)COc1cccc2ccccc12. The minimum atomic E-state index is -0.652. The van der Waals surface area contributed by atoms with Crippen LogP contribution in [-0.2, 0) is 16.1 Å². The number of hydrogen-bond donors (Lipinski definition) is 1. The van der Waals surface area contributed by atoms with Gasteiger partial charge in [-0.05, 0) is 35.6 Å². The van der Waals surface area contributed by atoms with Gasteiger partial charge in [0, 0.05) is 29.0 Å². The summed E-state index contributed by atoms with van der Waals surface area (Å²) in [6, 6.07) is 17.9. The first-order valence-electron chi connectivity index (χ1n) is 10.00. The second-order valence-corrected chi connectivity index (χ2v) is 7.91. The van der Waals surface area contributed by atoms with E-state index in [1.807, 2.05) is 49.4 Å². The molecule has 0 radical (unpaired) electrons. The van der Waals surface area contributed by atoms with Gasteiger partial charge in [-0.3, -0.25) is 9.59 Å². The van der Waals surface area contributed by atoms with Crippen LogP contribution in [0.1, 0.15) is 18.9 Å². The van der Waals surface area contributed by atoms with E-state index in [-0.39, 0.29) is 25.0 Å². The maximum atomic E-state index is 13.2. The predicted molar refractivity (Wildman–Crippen MR) is 125 cm³/mol. The van der Waals surface area contributed by atoms with E-state index in [1.165, 1.54) is 4.90 Å². The lowest BCUT2D eigenvalue weighted by molar-refractivity contribution is -0.142. The van der Waals surface area contributed by atoms with Crippen LogP contribution in [0.5, 0.6) is 5.75 Å². The van der Waals surface area contributed by atoms with E-state index in [0.717, 1.165) is 10.8 Å². The summed E-state index contributed by atoms with van der Waals surface area (Å²) in [5.41, 5.74) is 0.701. The number of halogens is 2. The Bertz CT molecular complexity index is 1080. The average Bonchev–Trinajstić information content (AvgIpc) is 2.78. The normalized spacial score (nSPS) is 11.7. The van der Waals surface area contributed by atoms with Crippen molar-refractivity contribution in [2.45, 2.75) is 25.9 Å². The second kappa shape index (κ2) is 10.5. The summed E-state index contributed by atoms with van der Waals surface area (Å²) >= 11 is 12.3. The van der Waals surface area contributed by atoms with E-state index < -0.39 is 6.04 Å². The van der Waals surface area contributed by atoms with Gasteiger partial charge in [0.1, 0.15) is 11.8 Å². The molecule has 0 fully saturated rings. The summed E-state index contributed by atoms with van der Waals surface area (Å²) in [5, 5.41) is 5.51. The summed E-state index contributed by atoms with van der Waals surface area (Å²) < 4.78 is 5.88. The third-order valence-corrected chi connectivity index (χ3v) is 5.68. The number of carbonyl (C=O) groups excluding carboxylic acids is 2. The zero-order chi connectivity index (χ0) is 22.4. The molecule has 0 heterocycles. The molecule has 1 N–H and O–H groups in total. The molecule has 0 aliphatic carbocycles. The third kappa shape index (κ3) is 5.49. The van der Waals surface area contributed by atoms with Crippen molar-refractivity contribution in [3.8, 4) is 5.75 Å². The first kappa shape index (κ1) is 22.9. The molecule has 7 heteroatoms. The summed E-state index contributed by atoms with van der Waals surface area (Å²) in [6.07, 6.45) is 0.449. The van der Waals surface area contributed by atoms with E-state index in [0.29, 0.717) is 27.8 Å². The molecule has 1 atom stereocenters. The van der Waals surface area contributed by atoms with Gasteiger partial charge in [-0.15, -0.1) is 0 Å². The van der Waals surface area contributed by atoms with Crippen molar-refractivity contribution in [2.75, 3.05) is 13.7 Å². The number of fused-ring (bicyclic) bond motifs is 1.